The van der Waals surface area contributed by atoms with E-state index in [1.165, 1.54) is 32.8 Å². The van der Waals surface area contributed by atoms with Crippen molar-refractivity contribution >= 4 is 0 Å². The van der Waals surface area contributed by atoms with Gasteiger partial charge in [0.1, 0.15) is 79.4 Å². The fourth-order valence-corrected chi connectivity index (χ4v) is 15.5. The van der Waals surface area contributed by atoms with Crippen molar-refractivity contribution in [2.45, 2.75) is 247 Å². The van der Waals surface area contributed by atoms with E-state index in [1.54, 1.807) is 0 Å². The number of hydrogen-bond acceptors (Lipinski definition) is 20. The van der Waals surface area contributed by atoms with Gasteiger partial charge in [-0.05, 0) is 113 Å². The molecule has 0 radical (unpaired) electrons. The van der Waals surface area contributed by atoms with Crippen molar-refractivity contribution in [3.63, 3.8) is 0 Å². The summed E-state index contributed by atoms with van der Waals surface area (Å²) in [5.74, 6) is 2.69. The van der Waals surface area contributed by atoms with Crippen molar-refractivity contribution in [2.75, 3.05) is 13.2 Å². The van der Waals surface area contributed by atoms with Crippen LogP contribution in [0.1, 0.15) is 106 Å². The van der Waals surface area contributed by atoms with Crippen LogP contribution in [0.2, 0.25) is 0 Å². The quantitative estimate of drug-likeness (QED) is 0.137. The van der Waals surface area contributed by atoms with Gasteiger partial charge in [0, 0.05) is 12.3 Å². The average Bonchev–Trinajstić information content (AvgIpc) is 3.79. The van der Waals surface area contributed by atoms with Crippen LogP contribution in [0, 0.1) is 46.3 Å². The molecule has 1 spiro atoms. The van der Waals surface area contributed by atoms with E-state index in [4.69, 9.17) is 47.4 Å². The molecular weight excluding hydrogens is 933 g/mol. The van der Waals surface area contributed by atoms with Crippen LogP contribution in [0.25, 0.3) is 0 Å². The highest BCUT2D eigenvalue weighted by atomic mass is 16.8. The largest absolute Gasteiger partial charge is 0.394 e. The van der Waals surface area contributed by atoms with Crippen LogP contribution < -0.4 is 0 Å². The van der Waals surface area contributed by atoms with Gasteiger partial charge < -0.3 is 98.4 Å². The van der Waals surface area contributed by atoms with E-state index in [9.17, 15) is 51.1 Å². The van der Waals surface area contributed by atoms with E-state index in [0.29, 0.717) is 41.9 Å². The van der Waals surface area contributed by atoms with Gasteiger partial charge in [-0.3, -0.25) is 0 Å². The summed E-state index contributed by atoms with van der Waals surface area (Å²) in [6.07, 6.45) is -18.4. The van der Waals surface area contributed by atoms with E-state index in [-0.39, 0.29) is 23.0 Å². The second-order valence-corrected chi connectivity index (χ2v) is 23.8. The van der Waals surface area contributed by atoms with Crippen molar-refractivity contribution in [1.82, 2.24) is 0 Å². The van der Waals surface area contributed by atoms with Gasteiger partial charge in [0.15, 0.2) is 30.9 Å². The lowest BCUT2D eigenvalue weighted by Crippen LogP contribution is -2.66. The minimum atomic E-state index is -1.83. The summed E-state index contributed by atoms with van der Waals surface area (Å²) >= 11 is 0. The zero-order chi connectivity index (χ0) is 50.8. The van der Waals surface area contributed by atoms with Crippen molar-refractivity contribution < 1.29 is 98.4 Å². The Morgan fingerprint density at radius 1 is 0.592 bits per heavy atom. The first-order chi connectivity index (χ1) is 33.6. The van der Waals surface area contributed by atoms with Crippen LogP contribution in [-0.2, 0) is 47.4 Å². The third-order valence-corrected chi connectivity index (χ3v) is 19.7. The maximum absolute atomic E-state index is 11.5. The monoisotopic (exact) mass is 1010 g/mol. The molecule has 406 valence electrons. The predicted molar refractivity (Wildman–Crippen MR) is 244 cm³/mol. The molecule has 20 heteroatoms. The molecule has 0 bridgehead atoms. The number of rotatable bonds is 9. The molecule has 6 saturated heterocycles. The molecule has 20 nitrogen and oxygen atoms in total. The number of fused-ring (bicyclic) bond motifs is 7. The number of aliphatic hydroxyl groups excluding tert-OH is 10. The molecule has 0 aromatic rings. The minimum Gasteiger partial charge on any atom is -0.394 e. The molecule has 10 aliphatic rings. The third kappa shape index (κ3) is 9.03. The van der Waals surface area contributed by atoms with Gasteiger partial charge in [0.05, 0.1) is 43.7 Å². The lowest BCUT2D eigenvalue weighted by Gasteiger charge is -2.58. The normalized spacial score (nSPS) is 58.4. The standard InChI is InChI=1S/C51H82O20/c1-20-10-15-51(62-19-20)21(2)32-30(71-51)17-29-27-9-8-25-16-26(11-13-49(25,6)28(27)12-14-50(29,32)7)66-47-40(60)37(57)43(31(18-52)67-47)69-46-39(59)36(56)42(24(5)65-46)68-48-41(61)44(34(54)23(4)64-48)70-45-38(58)35(55)33(53)22(3)63-45/h8,20-24,26-48,52-61H,9-19H2,1-7H3/t20-,21-,22+,23+,24+,26+,27+,28-,29-,30-,31+,32-,33+,34+,35-,36+,37+,38+,39+,40+,41+,42+,43+,44-,45-,46-,47+,48-,49+,50-,51+/m1/s1. The molecule has 4 aliphatic carbocycles. The highest BCUT2D eigenvalue weighted by Gasteiger charge is 2.69. The zero-order valence-electron chi connectivity index (χ0n) is 42.1. The molecule has 0 unspecified atom stereocenters. The molecule has 6 aliphatic heterocycles. The highest BCUT2D eigenvalue weighted by molar-refractivity contribution is 5.26. The summed E-state index contributed by atoms with van der Waals surface area (Å²) in [6.45, 7) is 14.1. The summed E-state index contributed by atoms with van der Waals surface area (Å²) in [5.41, 5.74) is 1.58. The van der Waals surface area contributed by atoms with Gasteiger partial charge in [0.25, 0.3) is 0 Å². The van der Waals surface area contributed by atoms with Crippen LogP contribution in [-0.4, -0.2) is 205 Å². The molecule has 9 fully saturated rings. The second-order valence-electron chi connectivity index (χ2n) is 23.8. The SMILES string of the molecule is C[C@@H]1CC[C@]2(OC1)O[C@@H]1C[C@@H]3[C@H]4CC=C5C[C@@H](O[C@H]6O[C@@H](CO)[C@H](O[C@H]7O[C@@H](C)[C@H](O[C@H]8O[C@@H](C)[C@H](O)[C@@H](O[C@H]9O[C@@H](C)[C@H](O)[C@@H](O)[C@@H]9O)[C@@H]8O)[C@@H](O)[C@@H]7O)[C@@H](O)[C@@H]6O)CC[C@]5(C)[C@@H]4CC[C@@]3(C)[C@@H]1[C@H]2C. The molecule has 3 saturated carbocycles. The van der Waals surface area contributed by atoms with Gasteiger partial charge in [-0.2, -0.15) is 0 Å². The van der Waals surface area contributed by atoms with Crippen molar-refractivity contribution in [2.24, 2.45) is 46.3 Å². The minimum absolute atomic E-state index is 0.00841. The molecule has 0 amide bonds. The molecule has 6 heterocycles. The van der Waals surface area contributed by atoms with Gasteiger partial charge in [-0.1, -0.05) is 39.3 Å². The van der Waals surface area contributed by atoms with Gasteiger partial charge in [-0.25, -0.2) is 0 Å². The van der Waals surface area contributed by atoms with E-state index < -0.39 is 135 Å². The smallest absolute Gasteiger partial charge is 0.187 e. The van der Waals surface area contributed by atoms with Crippen LogP contribution in [0.4, 0.5) is 0 Å². The first-order valence-electron chi connectivity index (χ1n) is 26.6. The Morgan fingerprint density at radius 3 is 1.87 bits per heavy atom. The number of ether oxygens (including phenoxy) is 10. The lowest BCUT2D eigenvalue weighted by atomic mass is 9.47. The van der Waals surface area contributed by atoms with E-state index in [2.05, 4.69) is 33.8 Å². The van der Waals surface area contributed by atoms with E-state index in [1.807, 2.05) is 0 Å². The summed E-state index contributed by atoms with van der Waals surface area (Å²) < 4.78 is 60.9. The first-order valence-corrected chi connectivity index (χ1v) is 26.6. The molecule has 71 heavy (non-hydrogen) atoms. The van der Waals surface area contributed by atoms with E-state index in [0.717, 1.165) is 51.6 Å². The topological polar surface area (TPSA) is 295 Å². The molecule has 0 aromatic carbocycles. The Hall–Kier alpha value is -1.06. The molecule has 31 atom stereocenters. The first kappa shape index (κ1) is 53.3. The van der Waals surface area contributed by atoms with Crippen molar-refractivity contribution in [3.05, 3.63) is 11.6 Å². The molecular formula is C51H82O20. The van der Waals surface area contributed by atoms with Gasteiger partial charge >= 0.3 is 0 Å². The Bertz CT molecular complexity index is 1890. The Balaban J connectivity index is 0.737. The molecule has 10 rings (SSSR count). The summed E-state index contributed by atoms with van der Waals surface area (Å²) in [6, 6.07) is 0. The van der Waals surface area contributed by atoms with Crippen LogP contribution in [0.5, 0.6) is 0 Å². The summed E-state index contributed by atoms with van der Waals surface area (Å²) in [4.78, 5) is 0. The zero-order valence-corrected chi connectivity index (χ0v) is 42.1. The van der Waals surface area contributed by atoms with Gasteiger partial charge in [0.2, 0.25) is 0 Å². The Labute approximate surface area is 415 Å². The third-order valence-electron chi connectivity index (χ3n) is 19.7. The van der Waals surface area contributed by atoms with Crippen molar-refractivity contribution in [1.29, 1.82) is 0 Å². The van der Waals surface area contributed by atoms with Crippen LogP contribution >= 0.6 is 0 Å². The average molecular weight is 1020 g/mol. The maximum Gasteiger partial charge on any atom is 0.187 e. The highest BCUT2D eigenvalue weighted by Crippen LogP contribution is 2.70. The Kier molecular flexibility index (Phi) is 15.1. The number of allylic oxidation sites excluding steroid dienone is 1. The maximum atomic E-state index is 11.5. The lowest BCUT2D eigenvalue weighted by molar-refractivity contribution is -0.385. The van der Waals surface area contributed by atoms with Crippen molar-refractivity contribution in [3.8, 4) is 0 Å². The second kappa shape index (κ2) is 20.1. The Morgan fingerprint density at radius 2 is 1.20 bits per heavy atom. The fraction of sp³-hybridized carbons (Fsp3) is 0.961. The van der Waals surface area contributed by atoms with Crippen LogP contribution in [0.3, 0.4) is 0 Å². The molecule has 10 N–H and O–H groups in total. The number of aliphatic hydroxyl groups is 10. The number of hydrogen-bond donors (Lipinski definition) is 10. The van der Waals surface area contributed by atoms with Crippen LogP contribution in [0.15, 0.2) is 11.6 Å². The molecule has 0 aromatic heterocycles. The van der Waals surface area contributed by atoms with Gasteiger partial charge in [-0.15, -0.1) is 0 Å². The van der Waals surface area contributed by atoms with E-state index >= 15 is 0 Å². The summed E-state index contributed by atoms with van der Waals surface area (Å²) in [5, 5.41) is 109. The summed E-state index contributed by atoms with van der Waals surface area (Å²) in [7, 11) is 0. The predicted octanol–water partition coefficient (Wildman–Crippen LogP) is 0.0935. The fourth-order valence-electron chi connectivity index (χ4n) is 15.5.